The van der Waals surface area contributed by atoms with Gasteiger partial charge in [0, 0.05) is 5.92 Å². The molecule has 0 aromatic heterocycles. The van der Waals surface area contributed by atoms with Crippen LogP contribution < -0.4 is 0 Å². The van der Waals surface area contributed by atoms with Gasteiger partial charge < -0.3 is 5.11 Å². The van der Waals surface area contributed by atoms with Crippen molar-refractivity contribution >= 4 is 5.97 Å². The Morgan fingerprint density at radius 1 is 1.33 bits per heavy atom. The lowest BCUT2D eigenvalue weighted by Gasteiger charge is -2.27. The molecule has 1 N–H and O–H groups in total. The zero-order valence-electron chi connectivity index (χ0n) is 6.67. The first-order valence-corrected chi connectivity index (χ1v) is 4.11. The fraction of sp³-hybridized carbons (Fsp3) is 0.875. The molecule has 0 aromatic carbocycles. The minimum atomic E-state index is -1.27. The second-order valence-corrected chi connectivity index (χ2v) is 3.22. The lowest BCUT2D eigenvalue weighted by atomic mass is 9.84. The number of aliphatic carboxylic acids is 1. The van der Waals surface area contributed by atoms with E-state index in [1.54, 1.807) is 0 Å². The number of rotatable bonds is 2. The molecule has 0 amide bonds. The minimum absolute atomic E-state index is 0.304. The van der Waals surface area contributed by atoms with E-state index in [1.165, 1.54) is 0 Å². The van der Waals surface area contributed by atoms with Gasteiger partial charge in [-0.1, -0.05) is 0 Å². The fourth-order valence-corrected chi connectivity index (χ4v) is 1.62. The number of halogens is 2. The topological polar surface area (TPSA) is 37.3 Å². The van der Waals surface area contributed by atoms with E-state index in [1.807, 2.05) is 0 Å². The van der Waals surface area contributed by atoms with Crippen molar-refractivity contribution in [1.29, 1.82) is 0 Å². The van der Waals surface area contributed by atoms with E-state index in [4.69, 9.17) is 5.11 Å². The van der Waals surface area contributed by atoms with Crippen molar-refractivity contribution in [2.75, 3.05) is 0 Å². The molecule has 1 saturated carbocycles. The summed E-state index contributed by atoms with van der Waals surface area (Å²) in [6, 6.07) is 0. The van der Waals surface area contributed by atoms with Gasteiger partial charge in [0.1, 0.15) is 12.3 Å². The van der Waals surface area contributed by atoms with Crippen LogP contribution in [0.1, 0.15) is 25.7 Å². The second kappa shape index (κ2) is 3.83. The van der Waals surface area contributed by atoms with Gasteiger partial charge in [0.05, 0.1) is 6.42 Å². The quantitative estimate of drug-likeness (QED) is 0.701. The van der Waals surface area contributed by atoms with Crippen LogP contribution in [0.4, 0.5) is 8.78 Å². The highest BCUT2D eigenvalue weighted by molar-refractivity contribution is 5.67. The van der Waals surface area contributed by atoms with Gasteiger partial charge in [-0.25, -0.2) is 8.78 Å². The van der Waals surface area contributed by atoms with E-state index in [9.17, 15) is 13.6 Å². The number of alkyl halides is 2. The molecular formula is C8H12F2O2. The average molecular weight is 178 g/mol. The zero-order valence-corrected chi connectivity index (χ0v) is 6.67. The molecule has 1 aliphatic rings. The van der Waals surface area contributed by atoms with E-state index >= 15 is 0 Å². The molecule has 0 saturated heterocycles. The normalized spacial score (nSPS) is 36.3. The number of carbonyl (C=O) groups is 1. The molecule has 1 fully saturated rings. The van der Waals surface area contributed by atoms with Gasteiger partial charge in [0.25, 0.3) is 0 Å². The number of carboxylic acids is 1. The molecule has 12 heavy (non-hydrogen) atoms. The number of hydrogen-bond donors (Lipinski definition) is 1. The molecule has 0 radical (unpaired) electrons. The smallest absolute Gasteiger partial charge is 0.303 e. The van der Waals surface area contributed by atoms with Crippen LogP contribution >= 0.6 is 0 Å². The first-order valence-electron chi connectivity index (χ1n) is 4.11. The summed E-state index contributed by atoms with van der Waals surface area (Å²) in [5, 5.41) is 8.37. The lowest BCUT2D eigenvalue weighted by Crippen LogP contribution is -2.32. The predicted octanol–water partition coefficient (Wildman–Crippen LogP) is 1.94. The number of hydrogen-bond acceptors (Lipinski definition) is 1. The van der Waals surface area contributed by atoms with Crippen LogP contribution in [-0.2, 0) is 4.79 Å². The van der Waals surface area contributed by atoms with Gasteiger partial charge >= 0.3 is 5.97 Å². The van der Waals surface area contributed by atoms with Crippen LogP contribution in [0.15, 0.2) is 0 Å². The van der Waals surface area contributed by atoms with Crippen molar-refractivity contribution in [2.24, 2.45) is 5.92 Å². The summed E-state index contributed by atoms with van der Waals surface area (Å²) < 4.78 is 25.9. The maximum atomic E-state index is 13.0. The van der Waals surface area contributed by atoms with Gasteiger partial charge in [0.2, 0.25) is 0 Å². The van der Waals surface area contributed by atoms with Gasteiger partial charge in [-0.3, -0.25) is 4.79 Å². The maximum Gasteiger partial charge on any atom is 0.303 e. The molecular weight excluding hydrogens is 166 g/mol. The molecule has 4 heteroatoms. The maximum absolute atomic E-state index is 13.0. The molecule has 0 aliphatic heterocycles. The van der Waals surface area contributed by atoms with Crippen LogP contribution in [0.3, 0.4) is 0 Å². The zero-order chi connectivity index (χ0) is 9.14. The largest absolute Gasteiger partial charge is 0.481 e. The average Bonchev–Trinajstić information content (AvgIpc) is 1.97. The molecule has 2 atom stereocenters. The number of carboxylic acid groups (broad SMARTS) is 1. The Balaban J connectivity index is 2.50. The summed E-state index contributed by atoms with van der Waals surface area (Å²) in [6.45, 7) is 0. The van der Waals surface area contributed by atoms with Crippen LogP contribution in [0, 0.1) is 5.92 Å². The van der Waals surface area contributed by atoms with E-state index in [0.29, 0.717) is 19.3 Å². The van der Waals surface area contributed by atoms with Crippen molar-refractivity contribution in [3.8, 4) is 0 Å². The minimum Gasteiger partial charge on any atom is -0.481 e. The third kappa shape index (κ3) is 2.16. The summed E-state index contributed by atoms with van der Waals surface area (Å²) in [6.07, 6.45) is -1.80. The second-order valence-electron chi connectivity index (χ2n) is 3.22. The van der Waals surface area contributed by atoms with Crippen molar-refractivity contribution in [3.63, 3.8) is 0 Å². The predicted molar refractivity (Wildman–Crippen MR) is 39.4 cm³/mol. The standard InChI is InChI=1S/C8H12F2O2/c9-6-2-1-3-7(10)5(6)4-8(11)12/h5-7H,1-4H2,(H,11,12). The Hall–Kier alpha value is -0.670. The summed E-state index contributed by atoms with van der Waals surface area (Å²) in [7, 11) is 0. The van der Waals surface area contributed by atoms with E-state index in [-0.39, 0.29) is 6.42 Å². The Morgan fingerprint density at radius 2 is 1.83 bits per heavy atom. The van der Waals surface area contributed by atoms with Gasteiger partial charge in [0.15, 0.2) is 0 Å². The van der Waals surface area contributed by atoms with Gasteiger partial charge in [-0.05, 0) is 19.3 Å². The highest BCUT2D eigenvalue weighted by atomic mass is 19.1. The SMILES string of the molecule is O=C(O)CC1C(F)CCCC1F. The van der Waals surface area contributed by atoms with Crippen LogP contribution in [0.5, 0.6) is 0 Å². The van der Waals surface area contributed by atoms with E-state index < -0.39 is 24.2 Å². The van der Waals surface area contributed by atoms with E-state index in [2.05, 4.69) is 0 Å². The highest BCUT2D eigenvalue weighted by Gasteiger charge is 2.34. The summed E-state index contributed by atoms with van der Waals surface area (Å²) in [5.74, 6) is -2.04. The summed E-state index contributed by atoms with van der Waals surface area (Å²) >= 11 is 0. The molecule has 1 aliphatic carbocycles. The molecule has 0 bridgehead atoms. The van der Waals surface area contributed by atoms with Crippen LogP contribution in [0.25, 0.3) is 0 Å². The molecule has 1 rings (SSSR count). The Labute approximate surface area is 69.6 Å². The monoisotopic (exact) mass is 178 g/mol. The third-order valence-electron chi connectivity index (χ3n) is 2.30. The first-order chi connectivity index (χ1) is 5.61. The molecule has 0 aromatic rings. The van der Waals surface area contributed by atoms with E-state index in [0.717, 1.165) is 0 Å². The van der Waals surface area contributed by atoms with Crippen molar-refractivity contribution in [1.82, 2.24) is 0 Å². The third-order valence-corrected chi connectivity index (χ3v) is 2.30. The molecule has 0 spiro atoms. The Kier molecular flexibility index (Phi) is 3.00. The lowest BCUT2D eigenvalue weighted by molar-refractivity contribution is -0.140. The van der Waals surface area contributed by atoms with Crippen molar-refractivity contribution < 1.29 is 18.7 Å². The molecule has 2 unspecified atom stereocenters. The summed E-state index contributed by atoms with van der Waals surface area (Å²) in [5.41, 5.74) is 0. The fourth-order valence-electron chi connectivity index (χ4n) is 1.62. The van der Waals surface area contributed by atoms with Gasteiger partial charge in [-0.15, -0.1) is 0 Å². The van der Waals surface area contributed by atoms with Gasteiger partial charge in [-0.2, -0.15) is 0 Å². The Bertz CT molecular complexity index is 162. The van der Waals surface area contributed by atoms with Crippen molar-refractivity contribution in [3.05, 3.63) is 0 Å². The molecule has 70 valence electrons. The first kappa shape index (κ1) is 9.42. The molecule has 0 heterocycles. The van der Waals surface area contributed by atoms with Crippen molar-refractivity contribution in [2.45, 2.75) is 38.0 Å². The van der Waals surface area contributed by atoms with Crippen LogP contribution in [0.2, 0.25) is 0 Å². The summed E-state index contributed by atoms with van der Waals surface area (Å²) in [4.78, 5) is 10.2. The highest BCUT2D eigenvalue weighted by Crippen LogP contribution is 2.31. The molecule has 2 nitrogen and oxygen atoms in total. The van der Waals surface area contributed by atoms with Crippen LogP contribution in [-0.4, -0.2) is 23.4 Å². The Morgan fingerprint density at radius 3 is 2.25 bits per heavy atom.